The summed E-state index contributed by atoms with van der Waals surface area (Å²) in [6, 6.07) is 10.2. The maximum atomic E-state index is 13.2. The highest BCUT2D eigenvalue weighted by Gasteiger charge is 2.25. The molecule has 2 atom stereocenters. The Morgan fingerprint density at radius 2 is 1.33 bits per heavy atom. The first-order chi connectivity index (χ1) is 12.6. The predicted molar refractivity (Wildman–Crippen MR) is 114 cm³/mol. The summed E-state index contributed by atoms with van der Waals surface area (Å²) in [5.74, 6) is 0.511. The minimum atomic E-state index is -3.61. The number of sulfonamides is 1. The topological polar surface area (TPSA) is 46.2 Å². The van der Waals surface area contributed by atoms with Crippen LogP contribution in [0.25, 0.3) is 0 Å². The van der Waals surface area contributed by atoms with E-state index in [1.54, 1.807) is 0 Å². The molecule has 0 fully saturated rings. The highest BCUT2D eigenvalue weighted by molar-refractivity contribution is 7.89. The van der Waals surface area contributed by atoms with E-state index in [0.717, 1.165) is 34.2 Å². The van der Waals surface area contributed by atoms with Gasteiger partial charge in [-0.3, -0.25) is 0 Å². The molecular formula is C23H33NO2S. The molecule has 2 aromatic carbocycles. The normalized spacial score (nSPS) is 14.2. The molecule has 2 unspecified atom stereocenters. The zero-order valence-electron chi connectivity index (χ0n) is 17.7. The summed E-state index contributed by atoms with van der Waals surface area (Å²) in [7, 11) is -3.61. The van der Waals surface area contributed by atoms with Gasteiger partial charge in [-0.1, -0.05) is 51.1 Å². The fourth-order valence-corrected chi connectivity index (χ4v) is 5.43. The van der Waals surface area contributed by atoms with Gasteiger partial charge in [-0.15, -0.1) is 0 Å². The molecule has 0 heterocycles. The van der Waals surface area contributed by atoms with E-state index < -0.39 is 10.0 Å². The van der Waals surface area contributed by atoms with Gasteiger partial charge in [0.05, 0.1) is 4.90 Å². The van der Waals surface area contributed by atoms with E-state index >= 15 is 0 Å². The molecular weight excluding hydrogens is 354 g/mol. The van der Waals surface area contributed by atoms with Gasteiger partial charge in [0.2, 0.25) is 10.0 Å². The smallest absolute Gasteiger partial charge is 0.207 e. The lowest BCUT2D eigenvalue weighted by atomic mass is 9.96. The van der Waals surface area contributed by atoms with Crippen LogP contribution in [0.5, 0.6) is 0 Å². The fraction of sp³-hybridized carbons (Fsp3) is 0.478. The SMILES string of the molecule is CCC(C)c1ccc(C(CC)NS(=O)(=O)c2c(C)c(C)cc(C)c2C)cc1. The Labute approximate surface area is 165 Å². The molecule has 0 spiro atoms. The molecule has 2 aromatic rings. The number of aryl methyl sites for hydroxylation is 2. The van der Waals surface area contributed by atoms with Gasteiger partial charge in [0.15, 0.2) is 0 Å². The highest BCUT2D eigenvalue weighted by atomic mass is 32.2. The molecule has 0 radical (unpaired) electrons. The quantitative estimate of drug-likeness (QED) is 0.646. The average Bonchev–Trinajstić information content (AvgIpc) is 2.64. The Morgan fingerprint density at radius 1 is 0.852 bits per heavy atom. The van der Waals surface area contributed by atoms with Gasteiger partial charge in [-0.25, -0.2) is 13.1 Å². The Balaban J connectivity index is 2.38. The van der Waals surface area contributed by atoms with Gasteiger partial charge >= 0.3 is 0 Å². The number of rotatable bonds is 7. The molecule has 1 N–H and O–H groups in total. The first-order valence-electron chi connectivity index (χ1n) is 9.81. The molecule has 27 heavy (non-hydrogen) atoms. The van der Waals surface area contributed by atoms with Crippen LogP contribution in [0.3, 0.4) is 0 Å². The van der Waals surface area contributed by atoms with E-state index in [1.165, 1.54) is 5.56 Å². The maximum Gasteiger partial charge on any atom is 0.241 e. The van der Waals surface area contributed by atoms with Gasteiger partial charge in [-0.05, 0) is 79.8 Å². The molecule has 2 rings (SSSR count). The lowest BCUT2D eigenvalue weighted by Gasteiger charge is -2.22. The van der Waals surface area contributed by atoms with Gasteiger partial charge in [0.1, 0.15) is 0 Å². The van der Waals surface area contributed by atoms with Crippen molar-refractivity contribution in [2.24, 2.45) is 0 Å². The van der Waals surface area contributed by atoms with Gasteiger partial charge < -0.3 is 0 Å². The van der Waals surface area contributed by atoms with Crippen molar-refractivity contribution in [2.45, 2.75) is 78.2 Å². The molecule has 0 saturated carbocycles. The van der Waals surface area contributed by atoms with E-state index in [0.29, 0.717) is 17.2 Å². The van der Waals surface area contributed by atoms with Crippen LogP contribution in [0.4, 0.5) is 0 Å². The van der Waals surface area contributed by atoms with Crippen LogP contribution >= 0.6 is 0 Å². The van der Waals surface area contributed by atoms with Crippen molar-refractivity contribution in [1.82, 2.24) is 4.72 Å². The second kappa shape index (κ2) is 8.57. The van der Waals surface area contributed by atoms with Crippen molar-refractivity contribution >= 4 is 10.0 Å². The zero-order valence-corrected chi connectivity index (χ0v) is 18.5. The van der Waals surface area contributed by atoms with Crippen molar-refractivity contribution in [3.05, 3.63) is 63.7 Å². The highest BCUT2D eigenvalue weighted by Crippen LogP contribution is 2.29. The second-order valence-corrected chi connectivity index (χ2v) is 9.30. The van der Waals surface area contributed by atoms with Gasteiger partial charge in [-0.2, -0.15) is 0 Å². The summed E-state index contributed by atoms with van der Waals surface area (Å²) < 4.78 is 29.4. The lowest BCUT2D eigenvalue weighted by molar-refractivity contribution is 0.548. The molecule has 3 nitrogen and oxygen atoms in total. The van der Waals surface area contributed by atoms with Crippen LogP contribution in [-0.2, 0) is 10.0 Å². The molecule has 0 aliphatic heterocycles. The minimum Gasteiger partial charge on any atom is -0.207 e. The lowest BCUT2D eigenvalue weighted by Crippen LogP contribution is -2.30. The number of hydrogen-bond acceptors (Lipinski definition) is 2. The summed E-state index contributed by atoms with van der Waals surface area (Å²) in [4.78, 5) is 0.426. The van der Waals surface area contributed by atoms with Gasteiger partial charge in [0.25, 0.3) is 0 Å². The standard InChI is InChI=1S/C23H33NO2S/c1-8-15(3)20-10-12-21(13-11-20)22(9-2)24-27(25,26)23-18(6)16(4)14-17(5)19(23)7/h10-15,22,24H,8-9H2,1-7H3. The Morgan fingerprint density at radius 3 is 1.78 bits per heavy atom. The average molecular weight is 388 g/mol. The summed E-state index contributed by atoms with van der Waals surface area (Å²) in [5, 5.41) is 0. The van der Waals surface area contributed by atoms with E-state index in [2.05, 4.69) is 48.9 Å². The first kappa shape index (κ1) is 21.6. The minimum absolute atomic E-state index is 0.236. The first-order valence-corrected chi connectivity index (χ1v) is 11.3. The zero-order chi connectivity index (χ0) is 20.4. The van der Waals surface area contributed by atoms with Crippen molar-refractivity contribution in [2.75, 3.05) is 0 Å². The molecule has 0 amide bonds. The summed E-state index contributed by atoms with van der Waals surface area (Å²) in [5.41, 5.74) is 5.96. The monoisotopic (exact) mass is 387 g/mol. The van der Waals surface area contributed by atoms with Crippen molar-refractivity contribution < 1.29 is 8.42 Å². The van der Waals surface area contributed by atoms with E-state index in [4.69, 9.17) is 0 Å². The second-order valence-electron chi connectivity index (χ2n) is 7.65. The Kier molecular flexibility index (Phi) is 6.87. The molecule has 0 bridgehead atoms. The third-order valence-corrected chi connectivity index (χ3v) is 7.54. The van der Waals surface area contributed by atoms with Crippen LogP contribution in [0.15, 0.2) is 35.2 Å². The van der Waals surface area contributed by atoms with Crippen LogP contribution in [0.2, 0.25) is 0 Å². The molecule has 0 aliphatic carbocycles. The molecule has 148 valence electrons. The van der Waals surface area contributed by atoms with Gasteiger partial charge in [0, 0.05) is 6.04 Å². The number of nitrogens with one attached hydrogen (secondary N) is 1. The Bertz CT molecular complexity index is 873. The summed E-state index contributed by atoms with van der Waals surface area (Å²) in [6.45, 7) is 14.1. The van der Waals surface area contributed by atoms with Crippen LogP contribution in [0, 0.1) is 27.7 Å². The largest absolute Gasteiger partial charge is 0.241 e. The van der Waals surface area contributed by atoms with Crippen LogP contribution in [-0.4, -0.2) is 8.42 Å². The third-order valence-electron chi connectivity index (χ3n) is 5.79. The Hall–Kier alpha value is -1.65. The summed E-state index contributed by atoms with van der Waals surface area (Å²) in [6.07, 6.45) is 1.79. The molecule has 0 aromatic heterocycles. The van der Waals surface area contributed by atoms with E-state index in [1.807, 2.05) is 34.6 Å². The molecule has 0 saturated heterocycles. The predicted octanol–water partition coefficient (Wildman–Crippen LogP) is 5.86. The van der Waals surface area contributed by atoms with E-state index in [9.17, 15) is 8.42 Å². The number of benzene rings is 2. The van der Waals surface area contributed by atoms with E-state index in [-0.39, 0.29) is 6.04 Å². The van der Waals surface area contributed by atoms with Crippen LogP contribution in [0.1, 0.15) is 79.0 Å². The van der Waals surface area contributed by atoms with Crippen molar-refractivity contribution in [3.63, 3.8) is 0 Å². The number of hydrogen-bond donors (Lipinski definition) is 1. The van der Waals surface area contributed by atoms with Crippen molar-refractivity contribution in [1.29, 1.82) is 0 Å². The maximum absolute atomic E-state index is 13.2. The van der Waals surface area contributed by atoms with Crippen molar-refractivity contribution in [3.8, 4) is 0 Å². The fourth-order valence-electron chi connectivity index (χ4n) is 3.51. The third kappa shape index (κ3) is 4.61. The molecule has 0 aliphatic rings. The summed E-state index contributed by atoms with van der Waals surface area (Å²) >= 11 is 0. The molecule has 4 heteroatoms. The van der Waals surface area contributed by atoms with Crippen LogP contribution < -0.4 is 4.72 Å².